The van der Waals surface area contributed by atoms with Crippen LogP contribution < -0.4 is 26.5 Å². The Balaban J connectivity index is 0.000000252. The van der Waals surface area contributed by atoms with Crippen LogP contribution in [0, 0.1) is 13.8 Å². The number of nitrogens with zero attached hydrogens (tertiary/aromatic N) is 4. The SMILES string of the molecule is COc1cc(N)cc2c(=Nc3ccc(NC(=O)c4ccc(N=c5ccn(C)cc5)cc4)cc3)ccn(C)c12.Cc1ccc(S(=O)(=O)O)cc1.Cc1ccc(S(=O)(=O)O)cc1. The van der Waals surface area contributed by atoms with Crippen molar-refractivity contribution in [3.63, 3.8) is 0 Å². The molecule has 5 N–H and O–H groups in total. The normalized spacial score (nSPS) is 11.4. The van der Waals surface area contributed by atoms with Crippen LogP contribution in [0.1, 0.15) is 21.5 Å². The standard InChI is InChI=1S/C30H28N6O2.2C7H8O3S/c1-35-15-12-25(13-16-35)32-22-6-4-20(5-7-22)30(37)34-24-10-8-23(9-11-24)33-27-14-17-36(2)29-26(27)18-21(31)19-28(29)38-3;2*1-6-2-4-7(5-3-6)11(8,9)10/h4-19H,31H2,1-3H3,(H,34,37);2*2-5H,1H3,(H,8,9,10). The lowest BCUT2D eigenvalue weighted by atomic mass is 10.1. The third kappa shape index (κ3) is 12.3. The van der Waals surface area contributed by atoms with Crippen LogP contribution in [0.5, 0.6) is 5.75 Å². The molecule has 0 aliphatic heterocycles. The molecular formula is C44H44N6O8S2. The number of hydrogen-bond acceptors (Lipinski definition) is 9. The number of ether oxygens (including phenoxy) is 1. The van der Waals surface area contributed by atoms with Gasteiger partial charge in [-0.15, -0.1) is 0 Å². The van der Waals surface area contributed by atoms with Crippen molar-refractivity contribution in [2.24, 2.45) is 24.1 Å². The molecule has 0 fully saturated rings. The fourth-order valence-electron chi connectivity index (χ4n) is 5.57. The van der Waals surface area contributed by atoms with Gasteiger partial charge in [-0.2, -0.15) is 16.8 Å². The molecule has 7 aromatic rings. The van der Waals surface area contributed by atoms with E-state index >= 15 is 0 Å². The number of aromatic nitrogens is 2. The van der Waals surface area contributed by atoms with Gasteiger partial charge in [0.15, 0.2) is 0 Å². The van der Waals surface area contributed by atoms with Crippen molar-refractivity contribution < 1.29 is 35.5 Å². The fourth-order valence-corrected chi connectivity index (χ4v) is 6.53. The van der Waals surface area contributed by atoms with Gasteiger partial charge in [0.2, 0.25) is 0 Å². The molecule has 1 amide bonds. The van der Waals surface area contributed by atoms with Crippen LogP contribution in [0.15, 0.2) is 166 Å². The molecule has 60 heavy (non-hydrogen) atoms. The summed E-state index contributed by atoms with van der Waals surface area (Å²) in [6.07, 6.45) is 5.81. The highest BCUT2D eigenvalue weighted by Crippen LogP contribution is 2.27. The number of aryl methyl sites for hydroxylation is 4. The molecule has 5 aromatic carbocycles. The maximum Gasteiger partial charge on any atom is 0.294 e. The van der Waals surface area contributed by atoms with Gasteiger partial charge in [0, 0.05) is 61.1 Å². The summed E-state index contributed by atoms with van der Waals surface area (Å²) >= 11 is 0. The molecule has 7 rings (SSSR count). The summed E-state index contributed by atoms with van der Waals surface area (Å²) in [5.41, 5.74) is 12.3. The number of carbonyl (C=O) groups is 1. The molecule has 0 saturated carbocycles. The number of pyridine rings is 2. The molecule has 14 nitrogen and oxygen atoms in total. The Bertz CT molecular complexity index is 2890. The molecule has 2 aromatic heterocycles. The number of anilines is 2. The zero-order chi connectivity index (χ0) is 43.6. The molecule has 0 spiro atoms. The highest BCUT2D eigenvalue weighted by molar-refractivity contribution is 7.86. The molecular weight excluding hydrogens is 805 g/mol. The first-order valence-electron chi connectivity index (χ1n) is 18.1. The zero-order valence-electron chi connectivity index (χ0n) is 33.4. The van der Waals surface area contributed by atoms with E-state index in [1.807, 2.05) is 116 Å². The molecule has 310 valence electrons. The van der Waals surface area contributed by atoms with Gasteiger partial charge in [-0.3, -0.25) is 13.9 Å². The second-order valence-corrected chi connectivity index (χ2v) is 16.3. The first kappa shape index (κ1) is 44.3. The van der Waals surface area contributed by atoms with E-state index in [4.69, 9.17) is 24.6 Å². The van der Waals surface area contributed by atoms with E-state index in [1.54, 1.807) is 49.6 Å². The van der Waals surface area contributed by atoms with Crippen molar-refractivity contribution in [3.05, 3.63) is 173 Å². The summed E-state index contributed by atoms with van der Waals surface area (Å²) in [5, 5.41) is 5.45. The first-order valence-corrected chi connectivity index (χ1v) is 21.0. The van der Waals surface area contributed by atoms with Crippen molar-refractivity contribution >= 4 is 59.8 Å². The smallest absolute Gasteiger partial charge is 0.294 e. The third-order valence-corrected chi connectivity index (χ3v) is 10.5. The Morgan fingerprint density at radius 2 is 1.17 bits per heavy atom. The average molecular weight is 849 g/mol. The van der Waals surface area contributed by atoms with Crippen LogP contribution in [0.25, 0.3) is 10.9 Å². The Hall–Kier alpha value is -6.85. The minimum absolute atomic E-state index is 0.0666. The number of benzene rings is 5. The van der Waals surface area contributed by atoms with Crippen LogP contribution in [0.4, 0.5) is 22.7 Å². The number of methoxy groups -OCH3 is 1. The lowest BCUT2D eigenvalue weighted by Crippen LogP contribution is -2.11. The Kier molecular flexibility index (Phi) is 14.2. The minimum atomic E-state index is -4.02. The first-order chi connectivity index (χ1) is 28.4. The predicted octanol–water partition coefficient (Wildman–Crippen LogP) is 7.31. The van der Waals surface area contributed by atoms with Gasteiger partial charge in [0.05, 0.1) is 44.5 Å². The maximum atomic E-state index is 12.8. The van der Waals surface area contributed by atoms with Gasteiger partial charge in [0.1, 0.15) is 5.75 Å². The van der Waals surface area contributed by atoms with Crippen LogP contribution in [0.2, 0.25) is 0 Å². The minimum Gasteiger partial charge on any atom is -0.494 e. The number of rotatable bonds is 7. The van der Waals surface area contributed by atoms with E-state index in [-0.39, 0.29) is 15.7 Å². The molecule has 0 aliphatic carbocycles. The zero-order valence-corrected chi connectivity index (χ0v) is 35.0. The molecule has 16 heteroatoms. The van der Waals surface area contributed by atoms with E-state index < -0.39 is 20.2 Å². The summed E-state index contributed by atoms with van der Waals surface area (Å²) in [6, 6.07) is 36.0. The quantitative estimate of drug-likeness (QED) is 0.0936. The highest BCUT2D eigenvalue weighted by atomic mass is 32.2. The van der Waals surface area contributed by atoms with E-state index in [9.17, 15) is 21.6 Å². The van der Waals surface area contributed by atoms with Crippen molar-refractivity contribution in [2.75, 3.05) is 18.2 Å². The number of hydrogen-bond donors (Lipinski definition) is 4. The predicted molar refractivity (Wildman–Crippen MR) is 233 cm³/mol. The second-order valence-electron chi connectivity index (χ2n) is 13.5. The lowest BCUT2D eigenvalue weighted by Gasteiger charge is -2.12. The van der Waals surface area contributed by atoms with Crippen LogP contribution in [0.3, 0.4) is 0 Å². The number of amides is 1. The van der Waals surface area contributed by atoms with E-state index in [0.29, 0.717) is 22.7 Å². The van der Waals surface area contributed by atoms with Crippen molar-refractivity contribution in [1.29, 1.82) is 0 Å². The molecule has 0 aliphatic rings. The van der Waals surface area contributed by atoms with E-state index in [1.165, 1.54) is 24.3 Å². The fraction of sp³-hybridized carbons (Fsp3) is 0.114. The summed E-state index contributed by atoms with van der Waals surface area (Å²) in [5.74, 6) is 0.491. The largest absolute Gasteiger partial charge is 0.494 e. The molecule has 0 radical (unpaired) electrons. The third-order valence-electron chi connectivity index (χ3n) is 8.76. The summed E-state index contributed by atoms with van der Waals surface area (Å²) < 4.78 is 68.6. The van der Waals surface area contributed by atoms with Crippen LogP contribution in [-0.4, -0.2) is 48.1 Å². The summed E-state index contributed by atoms with van der Waals surface area (Å²) in [6.45, 7) is 3.68. The van der Waals surface area contributed by atoms with Gasteiger partial charge in [0.25, 0.3) is 26.1 Å². The van der Waals surface area contributed by atoms with Gasteiger partial charge in [-0.1, -0.05) is 35.4 Å². The van der Waals surface area contributed by atoms with Gasteiger partial charge in [-0.25, -0.2) is 9.98 Å². The molecule has 0 atom stereocenters. The van der Waals surface area contributed by atoms with Crippen molar-refractivity contribution in [3.8, 4) is 5.75 Å². The van der Waals surface area contributed by atoms with Crippen molar-refractivity contribution in [2.45, 2.75) is 23.6 Å². The molecule has 0 unspecified atom stereocenters. The molecule has 2 heterocycles. The van der Waals surface area contributed by atoms with E-state index in [2.05, 4.69) is 10.3 Å². The van der Waals surface area contributed by atoms with Crippen LogP contribution in [-0.2, 0) is 34.3 Å². The summed E-state index contributed by atoms with van der Waals surface area (Å²) in [4.78, 5) is 22.0. The topological polar surface area (TPSA) is 208 Å². The second kappa shape index (κ2) is 19.3. The van der Waals surface area contributed by atoms with Crippen LogP contribution >= 0.6 is 0 Å². The maximum absolute atomic E-state index is 12.8. The molecule has 0 saturated heterocycles. The van der Waals surface area contributed by atoms with Gasteiger partial charge >= 0.3 is 0 Å². The highest BCUT2D eigenvalue weighted by Gasteiger charge is 2.10. The summed E-state index contributed by atoms with van der Waals surface area (Å²) in [7, 11) is -2.51. The Labute approximate surface area is 348 Å². The Morgan fingerprint density at radius 1 is 0.667 bits per heavy atom. The lowest BCUT2D eigenvalue weighted by molar-refractivity contribution is 0.102. The number of carbonyl (C=O) groups excluding carboxylic acids is 1. The van der Waals surface area contributed by atoms with E-state index in [0.717, 1.165) is 44.1 Å². The molecule has 0 bridgehead atoms. The monoisotopic (exact) mass is 848 g/mol. The van der Waals surface area contributed by atoms with Gasteiger partial charge < -0.3 is 24.9 Å². The number of nitrogens with one attached hydrogen (secondary N) is 1. The number of nitrogen functional groups attached to an aromatic ring is 1. The van der Waals surface area contributed by atoms with Crippen molar-refractivity contribution in [1.82, 2.24) is 9.13 Å². The number of fused-ring (bicyclic) bond motifs is 1. The number of nitrogens with two attached hydrogens (primary N) is 1. The van der Waals surface area contributed by atoms with Gasteiger partial charge in [-0.05, 0) is 111 Å². The average Bonchev–Trinajstić information content (AvgIpc) is 3.20. The Morgan fingerprint density at radius 3 is 1.67 bits per heavy atom.